The van der Waals surface area contributed by atoms with Gasteiger partial charge < -0.3 is 15.6 Å². The van der Waals surface area contributed by atoms with Crippen molar-refractivity contribution in [1.82, 2.24) is 9.97 Å². The van der Waals surface area contributed by atoms with Gasteiger partial charge in [-0.2, -0.15) is 13.2 Å². The molecular formula is C21H14F4N4O. The average molecular weight is 414 g/mol. The number of aromatic amines is 1. The van der Waals surface area contributed by atoms with Crippen molar-refractivity contribution >= 4 is 28.4 Å². The number of halogens is 4. The summed E-state index contributed by atoms with van der Waals surface area (Å²) in [7, 11) is 0. The van der Waals surface area contributed by atoms with Crippen molar-refractivity contribution in [2.24, 2.45) is 0 Å². The Morgan fingerprint density at radius 2 is 1.77 bits per heavy atom. The molecule has 0 radical (unpaired) electrons. The first kappa shape index (κ1) is 19.4. The predicted octanol–water partition coefficient (Wildman–Crippen LogP) is 6.03. The summed E-state index contributed by atoms with van der Waals surface area (Å²) in [6.07, 6.45) is -1.14. The number of fused-ring (bicyclic) bond motifs is 1. The third-order valence-corrected chi connectivity index (χ3v) is 4.43. The largest absolute Gasteiger partial charge is 0.416 e. The molecule has 2 aromatic heterocycles. The Kier molecular flexibility index (Phi) is 4.86. The van der Waals surface area contributed by atoms with Crippen LogP contribution in [0.25, 0.3) is 22.2 Å². The van der Waals surface area contributed by atoms with Crippen LogP contribution in [0.4, 0.5) is 33.7 Å². The summed E-state index contributed by atoms with van der Waals surface area (Å²) in [5, 5.41) is 4.56. The summed E-state index contributed by atoms with van der Waals surface area (Å²) in [5.74, 6) is -0.972. The minimum atomic E-state index is -4.65. The Balaban J connectivity index is 1.48. The van der Waals surface area contributed by atoms with Crippen LogP contribution in [0.3, 0.4) is 0 Å². The number of aromatic nitrogens is 2. The van der Waals surface area contributed by atoms with E-state index in [9.17, 15) is 22.4 Å². The van der Waals surface area contributed by atoms with Crippen molar-refractivity contribution in [1.29, 1.82) is 0 Å². The Labute approximate surface area is 167 Å². The van der Waals surface area contributed by atoms with E-state index in [1.807, 2.05) is 18.3 Å². The molecule has 3 N–H and O–H groups in total. The minimum absolute atomic E-state index is 0.386. The van der Waals surface area contributed by atoms with Crippen LogP contribution < -0.4 is 10.6 Å². The molecule has 0 aliphatic carbocycles. The van der Waals surface area contributed by atoms with Gasteiger partial charge in [0.2, 0.25) is 0 Å². The van der Waals surface area contributed by atoms with Gasteiger partial charge in [0.15, 0.2) is 0 Å². The Hall–Kier alpha value is -3.88. The predicted molar refractivity (Wildman–Crippen MR) is 106 cm³/mol. The van der Waals surface area contributed by atoms with Crippen molar-refractivity contribution < 1.29 is 22.4 Å². The molecule has 4 rings (SSSR count). The van der Waals surface area contributed by atoms with Gasteiger partial charge in [0.05, 0.1) is 22.3 Å². The highest BCUT2D eigenvalue weighted by molar-refractivity contribution is 6.00. The maximum Gasteiger partial charge on any atom is 0.416 e. The molecule has 0 atom stereocenters. The Morgan fingerprint density at radius 3 is 2.50 bits per heavy atom. The normalized spacial score (nSPS) is 11.5. The molecule has 30 heavy (non-hydrogen) atoms. The summed E-state index contributed by atoms with van der Waals surface area (Å²) in [6, 6.07) is 11.4. The number of hydrogen-bond acceptors (Lipinski definition) is 2. The molecule has 0 saturated heterocycles. The molecule has 2 amide bonds. The lowest BCUT2D eigenvalue weighted by Gasteiger charge is -2.12. The topological polar surface area (TPSA) is 69.8 Å². The number of carbonyl (C=O) groups is 1. The van der Waals surface area contributed by atoms with Crippen molar-refractivity contribution in [2.75, 3.05) is 10.6 Å². The summed E-state index contributed by atoms with van der Waals surface area (Å²) >= 11 is 0. The third-order valence-electron chi connectivity index (χ3n) is 4.43. The first-order chi connectivity index (χ1) is 14.3. The highest BCUT2D eigenvalue weighted by Gasteiger charge is 2.31. The van der Waals surface area contributed by atoms with E-state index >= 15 is 0 Å². The zero-order valence-corrected chi connectivity index (χ0v) is 15.2. The Bertz CT molecular complexity index is 1220. The second-order valence-corrected chi connectivity index (χ2v) is 6.45. The van der Waals surface area contributed by atoms with Crippen LogP contribution >= 0.6 is 0 Å². The summed E-state index contributed by atoms with van der Waals surface area (Å²) < 4.78 is 52.1. The van der Waals surface area contributed by atoms with E-state index in [2.05, 4.69) is 20.6 Å². The van der Waals surface area contributed by atoms with Gasteiger partial charge in [-0.25, -0.2) is 9.18 Å². The molecule has 9 heteroatoms. The highest BCUT2D eigenvalue weighted by atomic mass is 19.4. The number of anilines is 2. The maximum atomic E-state index is 13.8. The van der Waals surface area contributed by atoms with Crippen LogP contribution in [-0.2, 0) is 6.18 Å². The number of amides is 2. The van der Waals surface area contributed by atoms with Gasteiger partial charge in [-0.1, -0.05) is 12.1 Å². The van der Waals surface area contributed by atoms with Crippen molar-refractivity contribution in [3.05, 3.63) is 78.4 Å². The van der Waals surface area contributed by atoms with Gasteiger partial charge in [0, 0.05) is 23.6 Å². The number of pyridine rings is 1. The number of hydrogen-bond donors (Lipinski definition) is 3. The van der Waals surface area contributed by atoms with Gasteiger partial charge >= 0.3 is 12.2 Å². The van der Waals surface area contributed by atoms with E-state index in [-0.39, 0.29) is 0 Å². The van der Waals surface area contributed by atoms with Crippen LogP contribution in [0.2, 0.25) is 0 Å². The lowest BCUT2D eigenvalue weighted by molar-refractivity contribution is -0.137. The SMILES string of the molecule is O=C(Nc1ccc(-c2c[nH]c3cccnc23)cc1)Nc1cc(C(F)(F)F)ccc1F. The molecule has 0 fully saturated rings. The number of alkyl halides is 3. The number of nitrogens with zero attached hydrogens (tertiary/aromatic N) is 1. The lowest BCUT2D eigenvalue weighted by atomic mass is 10.1. The van der Waals surface area contributed by atoms with Crippen LogP contribution in [0.15, 0.2) is 67.0 Å². The molecule has 0 aliphatic rings. The molecule has 152 valence electrons. The molecule has 0 unspecified atom stereocenters. The molecule has 0 spiro atoms. The second-order valence-electron chi connectivity index (χ2n) is 6.45. The maximum absolute atomic E-state index is 13.8. The fourth-order valence-electron chi connectivity index (χ4n) is 2.99. The van der Waals surface area contributed by atoms with Crippen LogP contribution in [0, 0.1) is 5.82 Å². The molecule has 4 aromatic rings. The lowest BCUT2D eigenvalue weighted by Crippen LogP contribution is -2.20. The quantitative estimate of drug-likeness (QED) is 0.358. The van der Waals surface area contributed by atoms with Crippen LogP contribution in [-0.4, -0.2) is 16.0 Å². The molecule has 2 aromatic carbocycles. The fraction of sp³-hybridized carbons (Fsp3) is 0.0476. The number of rotatable bonds is 3. The molecule has 0 bridgehead atoms. The van der Waals surface area contributed by atoms with E-state index in [1.165, 1.54) is 0 Å². The minimum Gasteiger partial charge on any atom is -0.359 e. The number of carbonyl (C=O) groups excluding carboxylic acids is 1. The zero-order chi connectivity index (χ0) is 21.3. The van der Waals surface area contributed by atoms with Gasteiger partial charge in [0.25, 0.3) is 0 Å². The molecular weight excluding hydrogens is 400 g/mol. The second kappa shape index (κ2) is 7.51. The number of H-pyrrole nitrogens is 1. The van der Waals surface area contributed by atoms with Gasteiger partial charge in [-0.15, -0.1) is 0 Å². The van der Waals surface area contributed by atoms with Gasteiger partial charge in [-0.05, 0) is 48.0 Å². The summed E-state index contributed by atoms with van der Waals surface area (Å²) in [5.41, 5.74) is 2.19. The van der Waals surface area contributed by atoms with E-state index < -0.39 is 29.3 Å². The highest BCUT2D eigenvalue weighted by Crippen LogP contribution is 2.32. The van der Waals surface area contributed by atoms with Crippen molar-refractivity contribution in [3.63, 3.8) is 0 Å². The molecule has 5 nitrogen and oxygen atoms in total. The van der Waals surface area contributed by atoms with E-state index in [4.69, 9.17) is 0 Å². The Morgan fingerprint density at radius 1 is 1.00 bits per heavy atom. The number of nitrogens with one attached hydrogen (secondary N) is 3. The number of benzene rings is 2. The van der Waals surface area contributed by atoms with Crippen LogP contribution in [0.5, 0.6) is 0 Å². The smallest absolute Gasteiger partial charge is 0.359 e. The first-order valence-corrected chi connectivity index (χ1v) is 8.78. The first-order valence-electron chi connectivity index (χ1n) is 8.78. The van der Waals surface area contributed by atoms with E-state index in [0.717, 1.165) is 22.2 Å². The third kappa shape index (κ3) is 3.95. The van der Waals surface area contributed by atoms with Crippen molar-refractivity contribution in [3.8, 4) is 11.1 Å². The average Bonchev–Trinajstić information content (AvgIpc) is 3.13. The standard InChI is InChI=1S/C21H14F4N4O/c22-16-8-5-13(21(23,24)25)10-18(16)29-20(30)28-14-6-3-12(4-7-14)15-11-27-17-2-1-9-26-19(15)17/h1-11,27H,(H2,28,29,30). The number of urea groups is 1. The zero-order valence-electron chi connectivity index (χ0n) is 15.2. The monoisotopic (exact) mass is 414 g/mol. The molecule has 0 saturated carbocycles. The summed E-state index contributed by atoms with van der Waals surface area (Å²) in [4.78, 5) is 19.6. The van der Waals surface area contributed by atoms with Crippen LogP contribution in [0.1, 0.15) is 5.56 Å². The van der Waals surface area contributed by atoms with Gasteiger partial charge in [-0.3, -0.25) is 4.98 Å². The molecule has 2 heterocycles. The summed E-state index contributed by atoms with van der Waals surface area (Å²) in [6.45, 7) is 0. The molecule has 0 aliphatic heterocycles. The van der Waals surface area contributed by atoms with Gasteiger partial charge in [0.1, 0.15) is 5.82 Å². The van der Waals surface area contributed by atoms with E-state index in [0.29, 0.717) is 23.9 Å². The van der Waals surface area contributed by atoms with Crippen molar-refractivity contribution in [2.45, 2.75) is 6.18 Å². The van der Waals surface area contributed by atoms with E-state index in [1.54, 1.807) is 30.5 Å². The fourth-order valence-corrected chi connectivity index (χ4v) is 2.99.